The van der Waals surface area contributed by atoms with Gasteiger partial charge in [0, 0.05) is 6.42 Å². The monoisotopic (exact) mass is 239 g/mol. The van der Waals surface area contributed by atoms with E-state index in [4.69, 9.17) is 19.9 Å². The van der Waals surface area contributed by atoms with E-state index < -0.39 is 0 Å². The number of benzene rings is 1. The molecule has 0 aliphatic carbocycles. The predicted octanol–water partition coefficient (Wildman–Crippen LogP) is 1.13. The Morgan fingerprint density at radius 2 is 1.65 bits per heavy atom. The van der Waals surface area contributed by atoms with Crippen molar-refractivity contribution in [1.29, 1.82) is 0 Å². The molecule has 17 heavy (non-hydrogen) atoms. The highest BCUT2D eigenvalue weighted by Crippen LogP contribution is 2.38. The number of ether oxygens (including phenoxy) is 3. The zero-order valence-electron chi connectivity index (χ0n) is 10.3. The van der Waals surface area contributed by atoms with E-state index >= 15 is 0 Å². The summed E-state index contributed by atoms with van der Waals surface area (Å²) in [7, 11) is 4.65. The summed E-state index contributed by atoms with van der Waals surface area (Å²) in [5.74, 6) is 1.36. The lowest BCUT2D eigenvalue weighted by Crippen LogP contribution is -2.11. The number of primary amides is 1. The van der Waals surface area contributed by atoms with Crippen molar-refractivity contribution in [2.24, 2.45) is 5.73 Å². The molecule has 0 saturated carbocycles. The molecule has 5 nitrogen and oxygen atoms in total. The summed E-state index contributed by atoms with van der Waals surface area (Å²) in [5, 5.41) is 0. The molecule has 0 atom stereocenters. The summed E-state index contributed by atoms with van der Waals surface area (Å²) in [5.41, 5.74) is 6.03. The van der Waals surface area contributed by atoms with Crippen LogP contribution in [0, 0.1) is 0 Å². The van der Waals surface area contributed by atoms with Gasteiger partial charge in [0.05, 0.1) is 21.3 Å². The SMILES string of the molecule is COc1cc(CCC(N)=O)cc(OC)c1OC. The second-order valence-electron chi connectivity index (χ2n) is 3.50. The number of amides is 1. The Balaban J connectivity index is 3.04. The van der Waals surface area contributed by atoms with Gasteiger partial charge >= 0.3 is 0 Å². The average molecular weight is 239 g/mol. The molecule has 0 fully saturated rings. The molecule has 1 aromatic rings. The smallest absolute Gasteiger partial charge is 0.217 e. The van der Waals surface area contributed by atoms with Crippen LogP contribution in [0.3, 0.4) is 0 Å². The van der Waals surface area contributed by atoms with Gasteiger partial charge in [0.15, 0.2) is 11.5 Å². The molecule has 0 radical (unpaired) electrons. The Morgan fingerprint density at radius 1 is 1.12 bits per heavy atom. The van der Waals surface area contributed by atoms with E-state index in [1.165, 1.54) is 0 Å². The van der Waals surface area contributed by atoms with Crippen LogP contribution >= 0.6 is 0 Å². The molecule has 0 unspecified atom stereocenters. The number of methoxy groups -OCH3 is 3. The zero-order valence-corrected chi connectivity index (χ0v) is 10.3. The summed E-state index contributed by atoms with van der Waals surface area (Å²) in [4.78, 5) is 10.7. The summed E-state index contributed by atoms with van der Waals surface area (Å²) in [6.45, 7) is 0. The number of hydrogen-bond donors (Lipinski definition) is 1. The summed E-state index contributed by atoms with van der Waals surface area (Å²) in [6, 6.07) is 3.62. The highest BCUT2D eigenvalue weighted by atomic mass is 16.5. The highest BCUT2D eigenvalue weighted by Gasteiger charge is 2.13. The molecule has 0 spiro atoms. The van der Waals surface area contributed by atoms with E-state index in [0.29, 0.717) is 30.1 Å². The molecule has 94 valence electrons. The summed E-state index contributed by atoms with van der Waals surface area (Å²) < 4.78 is 15.6. The molecule has 1 aromatic carbocycles. The van der Waals surface area contributed by atoms with Crippen LogP contribution in [-0.2, 0) is 11.2 Å². The Kier molecular flexibility index (Phi) is 4.63. The summed E-state index contributed by atoms with van der Waals surface area (Å²) in [6.07, 6.45) is 0.838. The minimum absolute atomic E-state index is 0.290. The zero-order chi connectivity index (χ0) is 12.8. The number of nitrogens with two attached hydrogens (primary N) is 1. The second kappa shape index (κ2) is 5.98. The molecule has 5 heteroatoms. The quantitative estimate of drug-likeness (QED) is 0.807. The van der Waals surface area contributed by atoms with E-state index in [1.807, 2.05) is 12.1 Å². The van der Waals surface area contributed by atoms with E-state index in [0.717, 1.165) is 5.56 Å². The van der Waals surface area contributed by atoms with Crippen molar-refractivity contribution in [3.8, 4) is 17.2 Å². The molecular weight excluding hydrogens is 222 g/mol. The van der Waals surface area contributed by atoms with Gasteiger partial charge in [0.1, 0.15) is 0 Å². The second-order valence-corrected chi connectivity index (χ2v) is 3.50. The van der Waals surface area contributed by atoms with Gasteiger partial charge in [-0.15, -0.1) is 0 Å². The molecule has 0 heterocycles. The van der Waals surface area contributed by atoms with Crippen LogP contribution in [0.1, 0.15) is 12.0 Å². The standard InChI is InChI=1S/C12H17NO4/c1-15-9-6-8(4-5-11(13)14)7-10(16-2)12(9)17-3/h6-7H,4-5H2,1-3H3,(H2,13,14). The first-order chi connectivity index (χ1) is 8.12. The fraction of sp³-hybridized carbons (Fsp3) is 0.417. The molecule has 1 amide bonds. The van der Waals surface area contributed by atoms with Crippen molar-refractivity contribution in [3.63, 3.8) is 0 Å². The Labute approximate surface area is 100 Å². The lowest BCUT2D eigenvalue weighted by Gasteiger charge is -2.13. The van der Waals surface area contributed by atoms with Gasteiger partial charge in [0.2, 0.25) is 11.7 Å². The van der Waals surface area contributed by atoms with Crippen molar-refractivity contribution in [3.05, 3.63) is 17.7 Å². The van der Waals surface area contributed by atoms with E-state index in [-0.39, 0.29) is 5.91 Å². The fourth-order valence-electron chi connectivity index (χ4n) is 1.55. The minimum atomic E-state index is -0.334. The van der Waals surface area contributed by atoms with Crippen LogP contribution in [0.25, 0.3) is 0 Å². The van der Waals surface area contributed by atoms with Crippen molar-refractivity contribution in [1.82, 2.24) is 0 Å². The molecular formula is C12H17NO4. The lowest BCUT2D eigenvalue weighted by molar-refractivity contribution is -0.117. The first kappa shape index (κ1) is 13.2. The Bertz CT molecular complexity index is 378. The van der Waals surface area contributed by atoms with Crippen molar-refractivity contribution >= 4 is 5.91 Å². The molecule has 1 rings (SSSR count). The van der Waals surface area contributed by atoms with Crippen molar-refractivity contribution < 1.29 is 19.0 Å². The van der Waals surface area contributed by atoms with Crippen LogP contribution in [0.2, 0.25) is 0 Å². The fourth-order valence-corrected chi connectivity index (χ4v) is 1.55. The van der Waals surface area contributed by atoms with Gasteiger partial charge in [-0.05, 0) is 24.1 Å². The maximum absolute atomic E-state index is 10.7. The number of hydrogen-bond acceptors (Lipinski definition) is 4. The average Bonchev–Trinajstić information content (AvgIpc) is 2.34. The van der Waals surface area contributed by atoms with Gasteiger partial charge < -0.3 is 19.9 Å². The topological polar surface area (TPSA) is 70.8 Å². The molecule has 0 aliphatic rings. The molecule has 0 aliphatic heterocycles. The van der Waals surface area contributed by atoms with Crippen LogP contribution in [-0.4, -0.2) is 27.2 Å². The van der Waals surface area contributed by atoms with Gasteiger partial charge in [-0.25, -0.2) is 0 Å². The third-order valence-electron chi connectivity index (χ3n) is 2.38. The van der Waals surface area contributed by atoms with Crippen LogP contribution in [0.15, 0.2) is 12.1 Å². The third-order valence-corrected chi connectivity index (χ3v) is 2.38. The number of carbonyl (C=O) groups excluding carboxylic acids is 1. The van der Waals surface area contributed by atoms with Crippen molar-refractivity contribution in [2.45, 2.75) is 12.8 Å². The molecule has 2 N–H and O–H groups in total. The number of aryl methyl sites for hydroxylation is 1. The van der Waals surface area contributed by atoms with Gasteiger partial charge in [-0.3, -0.25) is 4.79 Å². The Morgan fingerprint density at radius 3 is 2.00 bits per heavy atom. The minimum Gasteiger partial charge on any atom is -0.493 e. The van der Waals surface area contributed by atoms with Crippen LogP contribution < -0.4 is 19.9 Å². The lowest BCUT2D eigenvalue weighted by atomic mass is 10.1. The first-order valence-electron chi connectivity index (χ1n) is 5.19. The predicted molar refractivity (Wildman–Crippen MR) is 63.6 cm³/mol. The first-order valence-corrected chi connectivity index (χ1v) is 5.19. The largest absolute Gasteiger partial charge is 0.493 e. The molecule has 0 bridgehead atoms. The normalized spacial score (nSPS) is 9.82. The highest BCUT2D eigenvalue weighted by molar-refractivity contribution is 5.74. The van der Waals surface area contributed by atoms with Gasteiger partial charge in [-0.2, -0.15) is 0 Å². The maximum atomic E-state index is 10.7. The van der Waals surface area contributed by atoms with Crippen LogP contribution in [0.4, 0.5) is 0 Å². The van der Waals surface area contributed by atoms with Crippen LogP contribution in [0.5, 0.6) is 17.2 Å². The van der Waals surface area contributed by atoms with Gasteiger partial charge in [0.25, 0.3) is 0 Å². The summed E-state index contributed by atoms with van der Waals surface area (Å²) >= 11 is 0. The molecule has 0 aromatic heterocycles. The molecule has 0 saturated heterocycles. The van der Waals surface area contributed by atoms with E-state index in [2.05, 4.69) is 0 Å². The maximum Gasteiger partial charge on any atom is 0.217 e. The van der Waals surface area contributed by atoms with E-state index in [1.54, 1.807) is 21.3 Å². The van der Waals surface area contributed by atoms with Crippen molar-refractivity contribution in [2.75, 3.05) is 21.3 Å². The number of carbonyl (C=O) groups is 1. The van der Waals surface area contributed by atoms with E-state index in [9.17, 15) is 4.79 Å². The number of rotatable bonds is 6. The third kappa shape index (κ3) is 3.27. The van der Waals surface area contributed by atoms with Gasteiger partial charge in [-0.1, -0.05) is 0 Å². The Hall–Kier alpha value is -1.91.